The van der Waals surface area contributed by atoms with E-state index in [1.165, 1.54) is 23.8 Å². The van der Waals surface area contributed by atoms with Gasteiger partial charge in [0.2, 0.25) is 11.8 Å². The molecule has 0 radical (unpaired) electrons. The molecule has 0 saturated heterocycles. The van der Waals surface area contributed by atoms with E-state index in [1.54, 1.807) is 31.3 Å². The second-order valence-corrected chi connectivity index (χ2v) is 8.89. The Balaban J connectivity index is 1.75. The van der Waals surface area contributed by atoms with Crippen LogP contribution in [0.1, 0.15) is 12.5 Å². The lowest BCUT2D eigenvalue weighted by Crippen LogP contribution is -2.41. The normalized spacial score (nSPS) is 11.6. The van der Waals surface area contributed by atoms with Crippen LogP contribution in [0, 0.1) is 0 Å². The Kier molecular flexibility index (Phi) is 8.08. The van der Waals surface area contributed by atoms with Gasteiger partial charge in [0.25, 0.3) is 0 Å². The van der Waals surface area contributed by atoms with Gasteiger partial charge in [0.15, 0.2) is 5.00 Å². The fraction of sp³-hybridized carbons (Fsp3) is 0.261. The number of carbonyl (C=O) groups excluding carboxylic acids is 1. The number of pyridine rings is 1. The van der Waals surface area contributed by atoms with Gasteiger partial charge >= 0.3 is 0 Å². The summed E-state index contributed by atoms with van der Waals surface area (Å²) >= 11 is 3.26. The molecule has 1 atom stereocenters. The first kappa shape index (κ1) is 22.8. The maximum absolute atomic E-state index is 11.8. The van der Waals surface area contributed by atoms with Crippen molar-refractivity contribution in [3.63, 3.8) is 0 Å². The molecule has 0 fully saturated rings. The van der Waals surface area contributed by atoms with Crippen LogP contribution in [0.2, 0.25) is 0 Å². The Morgan fingerprint density at radius 3 is 2.71 bits per heavy atom. The van der Waals surface area contributed by atoms with Gasteiger partial charge in [-0.2, -0.15) is 16.7 Å². The van der Waals surface area contributed by atoms with Gasteiger partial charge < -0.3 is 15.0 Å². The number of likely N-dealkylation sites (N-methyl/N-ethyl adjacent to an activating group) is 1. The molecule has 1 aromatic carbocycles. The molecule has 0 bridgehead atoms. The van der Waals surface area contributed by atoms with Crippen LogP contribution in [-0.2, 0) is 10.5 Å². The minimum absolute atomic E-state index is 0.0906. The molecule has 1 amide bonds. The molecule has 0 saturated carbocycles. The number of nitrogens with zero attached hydrogens (tertiary/aromatic N) is 3. The third-order valence-corrected chi connectivity index (χ3v) is 6.86. The molecule has 2 heterocycles. The number of anilines is 1. The lowest BCUT2D eigenvalue weighted by molar-refractivity contribution is -0.119. The topological polar surface area (TPSA) is 67.4 Å². The number of thioether (sulfide) groups is 1. The fourth-order valence-electron chi connectivity index (χ4n) is 2.96. The molecule has 1 N–H and O–H groups in total. The van der Waals surface area contributed by atoms with Gasteiger partial charge in [-0.25, -0.2) is 0 Å². The maximum atomic E-state index is 11.8. The Hall–Kier alpha value is -2.84. The molecular formula is C23H26N4O2S2. The van der Waals surface area contributed by atoms with Gasteiger partial charge in [0.1, 0.15) is 5.01 Å². The zero-order chi connectivity index (χ0) is 22.2. The fourth-order valence-corrected chi connectivity index (χ4v) is 5.03. The summed E-state index contributed by atoms with van der Waals surface area (Å²) in [5, 5.41) is 4.67. The van der Waals surface area contributed by atoms with Crippen LogP contribution < -0.4 is 15.0 Å². The molecule has 0 aliphatic rings. The van der Waals surface area contributed by atoms with Crippen LogP contribution in [0.4, 0.5) is 5.00 Å². The van der Waals surface area contributed by atoms with Crippen LogP contribution in [-0.4, -0.2) is 41.8 Å². The van der Waals surface area contributed by atoms with E-state index in [9.17, 15) is 4.79 Å². The van der Waals surface area contributed by atoms with Crippen LogP contribution in [0.15, 0.2) is 67.1 Å². The van der Waals surface area contributed by atoms with Crippen molar-refractivity contribution in [2.75, 3.05) is 24.8 Å². The van der Waals surface area contributed by atoms with E-state index in [2.05, 4.69) is 34.0 Å². The average Bonchev–Trinajstić information content (AvgIpc) is 3.23. The van der Waals surface area contributed by atoms with Crippen LogP contribution >= 0.6 is 23.1 Å². The number of amides is 1. The van der Waals surface area contributed by atoms with Crippen LogP contribution in [0.25, 0.3) is 10.6 Å². The number of hydrogen-bond donors (Lipinski definition) is 1. The first-order valence-corrected chi connectivity index (χ1v) is 11.7. The summed E-state index contributed by atoms with van der Waals surface area (Å²) < 4.78 is 5.52. The van der Waals surface area contributed by atoms with Crippen LogP contribution in [0.5, 0.6) is 5.88 Å². The zero-order valence-corrected chi connectivity index (χ0v) is 19.5. The van der Waals surface area contributed by atoms with Crippen molar-refractivity contribution in [1.29, 1.82) is 0 Å². The number of rotatable bonds is 10. The highest BCUT2D eigenvalue weighted by Gasteiger charge is 2.24. The number of methoxy groups -OCH3 is 1. The number of thiazole rings is 1. The van der Waals surface area contributed by atoms with E-state index < -0.39 is 0 Å². The first-order valence-electron chi connectivity index (χ1n) is 9.76. The van der Waals surface area contributed by atoms with Gasteiger partial charge in [0, 0.05) is 49.1 Å². The highest BCUT2D eigenvalue weighted by atomic mass is 32.2. The zero-order valence-electron chi connectivity index (χ0n) is 17.9. The standard InChI is InChI=1S/C23H26N4O2S2/c1-16(20(25-17(2)28)15-30-14-18-9-6-5-7-10-18)27(3)23-21(29-4)26-22(31-23)19-11-8-12-24-13-19/h5-13,20H,1,14-15H2,2-4H3,(H,25,28)/t20-/m0/s1. The SMILES string of the molecule is C=C([C@H](CSCc1ccccc1)NC(C)=O)N(C)c1sc(-c2cccnc2)nc1OC. The number of benzene rings is 1. The van der Waals surface area contributed by atoms with E-state index in [1.807, 2.05) is 42.3 Å². The lowest BCUT2D eigenvalue weighted by atomic mass is 10.2. The molecule has 8 heteroatoms. The van der Waals surface area contributed by atoms with Gasteiger partial charge in [0.05, 0.1) is 13.2 Å². The lowest BCUT2D eigenvalue weighted by Gasteiger charge is -2.28. The second kappa shape index (κ2) is 11.0. The van der Waals surface area contributed by atoms with Gasteiger partial charge in [-0.15, -0.1) is 0 Å². The summed E-state index contributed by atoms with van der Waals surface area (Å²) in [5.74, 6) is 2.00. The van der Waals surface area contributed by atoms with Crippen molar-refractivity contribution in [3.8, 4) is 16.5 Å². The number of aromatic nitrogens is 2. The monoisotopic (exact) mass is 454 g/mol. The van der Waals surface area contributed by atoms with Gasteiger partial charge in [-0.1, -0.05) is 48.2 Å². The molecular weight excluding hydrogens is 428 g/mol. The molecule has 3 aromatic rings. The van der Waals surface area contributed by atoms with E-state index in [0.29, 0.717) is 11.6 Å². The van der Waals surface area contributed by atoms with E-state index in [-0.39, 0.29) is 11.9 Å². The molecule has 0 aliphatic heterocycles. The quantitative estimate of drug-likeness (QED) is 0.483. The third kappa shape index (κ3) is 6.08. The maximum Gasteiger partial charge on any atom is 0.249 e. The molecule has 0 aliphatic carbocycles. The largest absolute Gasteiger partial charge is 0.479 e. The van der Waals surface area contributed by atoms with Crippen molar-refractivity contribution in [1.82, 2.24) is 15.3 Å². The van der Waals surface area contributed by atoms with Crippen molar-refractivity contribution >= 4 is 34.0 Å². The minimum atomic E-state index is -0.218. The van der Waals surface area contributed by atoms with Crippen molar-refractivity contribution < 1.29 is 9.53 Å². The molecule has 0 spiro atoms. The summed E-state index contributed by atoms with van der Waals surface area (Å²) in [6, 6.07) is 13.9. The van der Waals surface area contributed by atoms with Crippen molar-refractivity contribution in [2.24, 2.45) is 0 Å². The average molecular weight is 455 g/mol. The van der Waals surface area contributed by atoms with Crippen molar-refractivity contribution in [2.45, 2.75) is 18.7 Å². The predicted octanol–water partition coefficient (Wildman–Crippen LogP) is 4.60. The summed E-state index contributed by atoms with van der Waals surface area (Å²) in [5.41, 5.74) is 2.95. The van der Waals surface area contributed by atoms with Crippen LogP contribution in [0.3, 0.4) is 0 Å². The summed E-state index contributed by atoms with van der Waals surface area (Å²) in [4.78, 5) is 22.6. The predicted molar refractivity (Wildman–Crippen MR) is 130 cm³/mol. The highest BCUT2D eigenvalue weighted by molar-refractivity contribution is 7.98. The third-order valence-electron chi connectivity index (χ3n) is 4.59. The molecule has 162 valence electrons. The number of carbonyl (C=O) groups is 1. The molecule has 0 unspecified atom stereocenters. The number of nitrogens with one attached hydrogen (secondary N) is 1. The second-order valence-electron chi connectivity index (χ2n) is 6.88. The Labute approximate surface area is 191 Å². The number of hydrogen-bond acceptors (Lipinski definition) is 7. The molecule has 2 aromatic heterocycles. The van der Waals surface area contributed by atoms with E-state index >= 15 is 0 Å². The smallest absolute Gasteiger partial charge is 0.249 e. The van der Waals surface area contributed by atoms with Crippen molar-refractivity contribution in [3.05, 3.63) is 72.7 Å². The number of ether oxygens (including phenoxy) is 1. The summed E-state index contributed by atoms with van der Waals surface area (Å²) in [6.07, 6.45) is 3.51. The first-order chi connectivity index (χ1) is 15.0. The Morgan fingerprint density at radius 2 is 2.06 bits per heavy atom. The van der Waals surface area contributed by atoms with Gasteiger partial charge in [-0.05, 0) is 17.7 Å². The molecule has 31 heavy (non-hydrogen) atoms. The summed E-state index contributed by atoms with van der Waals surface area (Å²) in [6.45, 7) is 5.80. The summed E-state index contributed by atoms with van der Waals surface area (Å²) in [7, 11) is 3.52. The molecule has 6 nitrogen and oxygen atoms in total. The highest BCUT2D eigenvalue weighted by Crippen LogP contribution is 2.40. The van der Waals surface area contributed by atoms with E-state index in [0.717, 1.165) is 27.0 Å². The Morgan fingerprint density at radius 1 is 1.29 bits per heavy atom. The van der Waals surface area contributed by atoms with E-state index in [4.69, 9.17) is 4.74 Å². The molecule has 3 rings (SSSR count). The minimum Gasteiger partial charge on any atom is -0.479 e. The van der Waals surface area contributed by atoms with Gasteiger partial charge in [-0.3, -0.25) is 9.78 Å². The Bertz CT molecular complexity index is 1010.